The van der Waals surface area contributed by atoms with Crippen LogP contribution >= 0.6 is 11.6 Å². The molecule has 5 nitrogen and oxygen atoms in total. The summed E-state index contributed by atoms with van der Waals surface area (Å²) in [6, 6.07) is 6.67. The highest BCUT2D eigenvalue weighted by atomic mass is 35.5. The fourth-order valence-electron chi connectivity index (χ4n) is 4.73. The first-order valence-corrected chi connectivity index (χ1v) is 12.4. The number of carbonyl (C=O) groups excluding carboxylic acids is 1. The Kier molecular flexibility index (Phi) is 8.51. The average Bonchev–Trinajstić information content (AvgIpc) is 2.72. The smallest absolute Gasteiger partial charge is 0.407 e. The molecule has 1 amide bonds. The Bertz CT molecular complexity index is 718. The predicted molar refractivity (Wildman–Crippen MR) is 129 cm³/mol. The number of anilines is 1. The van der Waals surface area contributed by atoms with Gasteiger partial charge in [-0.05, 0) is 83.4 Å². The summed E-state index contributed by atoms with van der Waals surface area (Å²) in [4.78, 5) is 17.0. The van der Waals surface area contributed by atoms with Crippen molar-refractivity contribution in [2.24, 2.45) is 5.92 Å². The third kappa shape index (κ3) is 7.28. The van der Waals surface area contributed by atoms with Crippen molar-refractivity contribution in [2.75, 3.05) is 37.6 Å². The van der Waals surface area contributed by atoms with Crippen LogP contribution in [0.1, 0.15) is 65.4 Å². The van der Waals surface area contributed by atoms with Gasteiger partial charge in [-0.2, -0.15) is 0 Å². The van der Waals surface area contributed by atoms with E-state index in [1.165, 1.54) is 37.1 Å². The summed E-state index contributed by atoms with van der Waals surface area (Å²) in [6.45, 7) is 13.3. The molecular formula is C25H40ClN3O2. The molecule has 31 heavy (non-hydrogen) atoms. The van der Waals surface area contributed by atoms with Crippen LogP contribution in [-0.4, -0.2) is 55.4 Å². The van der Waals surface area contributed by atoms with Crippen LogP contribution in [-0.2, 0) is 11.2 Å². The lowest BCUT2D eigenvalue weighted by atomic mass is 9.84. The summed E-state index contributed by atoms with van der Waals surface area (Å²) in [5, 5.41) is 3.97. The third-order valence-electron chi connectivity index (χ3n) is 6.57. The van der Waals surface area contributed by atoms with E-state index >= 15 is 0 Å². The minimum atomic E-state index is -0.435. The minimum absolute atomic E-state index is 0.262. The van der Waals surface area contributed by atoms with Gasteiger partial charge in [0.1, 0.15) is 5.60 Å². The summed E-state index contributed by atoms with van der Waals surface area (Å²) in [6.07, 6.45) is 6.46. The second-order valence-electron chi connectivity index (χ2n) is 10.1. The Hall–Kier alpha value is -1.46. The van der Waals surface area contributed by atoms with Crippen LogP contribution in [0.3, 0.4) is 0 Å². The van der Waals surface area contributed by atoms with Crippen molar-refractivity contribution in [3.8, 4) is 0 Å². The molecule has 0 unspecified atom stereocenters. The molecule has 1 aliphatic carbocycles. The van der Waals surface area contributed by atoms with E-state index in [4.69, 9.17) is 16.3 Å². The second-order valence-corrected chi connectivity index (χ2v) is 10.5. The average molecular weight is 450 g/mol. The van der Waals surface area contributed by atoms with E-state index in [1.54, 1.807) is 0 Å². The lowest BCUT2D eigenvalue weighted by Crippen LogP contribution is -2.47. The number of ether oxygens (including phenoxy) is 1. The fourth-order valence-corrected chi connectivity index (χ4v) is 5.11. The largest absolute Gasteiger partial charge is 0.444 e. The maximum atomic E-state index is 12.0. The van der Waals surface area contributed by atoms with Gasteiger partial charge in [0.15, 0.2) is 0 Å². The SMILES string of the molecule is CCc1cccc(N2CCN(CC[C@H]3CC[C@H](NC(=O)OC(C)(C)C)CC3)CC2)c1Cl. The van der Waals surface area contributed by atoms with Crippen molar-refractivity contribution in [2.45, 2.75) is 77.9 Å². The number of piperazine rings is 1. The highest BCUT2D eigenvalue weighted by Crippen LogP contribution is 2.31. The second kappa shape index (κ2) is 10.9. The van der Waals surface area contributed by atoms with E-state index < -0.39 is 5.60 Å². The molecule has 0 bridgehead atoms. The summed E-state index contributed by atoms with van der Waals surface area (Å²) in [5.41, 5.74) is 1.99. The Balaban J connectivity index is 1.35. The van der Waals surface area contributed by atoms with Crippen molar-refractivity contribution in [1.82, 2.24) is 10.2 Å². The van der Waals surface area contributed by atoms with Crippen molar-refractivity contribution in [1.29, 1.82) is 0 Å². The van der Waals surface area contributed by atoms with E-state index in [9.17, 15) is 4.79 Å². The van der Waals surface area contributed by atoms with Crippen LogP contribution in [0.2, 0.25) is 5.02 Å². The molecule has 0 aromatic heterocycles. The van der Waals surface area contributed by atoms with Gasteiger partial charge in [0.05, 0.1) is 10.7 Å². The molecule has 2 aliphatic rings. The molecule has 1 aliphatic heterocycles. The normalized spacial score (nSPS) is 22.9. The predicted octanol–water partition coefficient (Wildman–Crippen LogP) is 5.50. The number of nitrogens with zero attached hydrogens (tertiary/aromatic N) is 2. The monoisotopic (exact) mass is 449 g/mol. The highest BCUT2D eigenvalue weighted by molar-refractivity contribution is 6.34. The lowest BCUT2D eigenvalue weighted by Gasteiger charge is -2.38. The number of alkyl carbamates (subject to hydrolysis) is 1. The van der Waals surface area contributed by atoms with E-state index in [0.29, 0.717) is 0 Å². The van der Waals surface area contributed by atoms with Gasteiger partial charge in [0, 0.05) is 32.2 Å². The molecule has 0 atom stereocenters. The van der Waals surface area contributed by atoms with Crippen molar-refractivity contribution in [3.63, 3.8) is 0 Å². The summed E-state index contributed by atoms with van der Waals surface area (Å²) in [5.74, 6) is 0.769. The zero-order chi connectivity index (χ0) is 22.4. The number of benzene rings is 1. The molecule has 1 N–H and O–H groups in total. The number of hydrogen-bond donors (Lipinski definition) is 1. The molecule has 1 aromatic rings. The molecule has 6 heteroatoms. The molecule has 1 heterocycles. The van der Waals surface area contributed by atoms with E-state index in [2.05, 4.69) is 40.2 Å². The van der Waals surface area contributed by atoms with E-state index in [-0.39, 0.29) is 12.1 Å². The Morgan fingerprint density at radius 1 is 1.13 bits per heavy atom. The summed E-state index contributed by atoms with van der Waals surface area (Å²) in [7, 11) is 0. The van der Waals surface area contributed by atoms with Gasteiger partial charge in [-0.25, -0.2) is 4.79 Å². The first-order valence-electron chi connectivity index (χ1n) is 12.0. The van der Waals surface area contributed by atoms with Crippen molar-refractivity contribution < 1.29 is 9.53 Å². The fraction of sp³-hybridized carbons (Fsp3) is 0.720. The number of amides is 1. The molecular weight excluding hydrogens is 410 g/mol. The van der Waals surface area contributed by atoms with E-state index in [1.807, 2.05) is 20.8 Å². The van der Waals surface area contributed by atoms with Gasteiger partial charge in [-0.15, -0.1) is 0 Å². The van der Waals surface area contributed by atoms with Crippen molar-refractivity contribution in [3.05, 3.63) is 28.8 Å². The van der Waals surface area contributed by atoms with Gasteiger partial charge >= 0.3 is 6.09 Å². The number of aryl methyl sites for hydroxylation is 1. The number of halogens is 1. The van der Waals surface area contributed by atoms with Crippen LogP contribution in [0.4, 0.5) is 10.5 Å². The third-order valence-corrected chi connectivity index (χ3v) is 7.01. The Labute approximate surface area is 193 Å². The zero-order valence-corrected chi connectivity index (χ0v) is 20.5. The van der Waals surface area contributed by atoms with E-state index in [0.717, 1.165) is 56.4 Å². The van der Waals surface area contributed by atoms with Crippen LogP contribution in [0.25, 0.3) is 0 Å². The number of hydrogen-bond acceptors (Lipinski definition) is 4. The Morgan fingerprint density at radius 2 is 1.81 bits per heavy atom. The van der Waals surface area contributed by atoms with Gasteiger partial charge in [-0.1, -0.05) is 30.7 Å². The summed E-state index contributed by atoms with van der Waals surface area (Å²) >= 11 is 6.63. The Morgan fingerprint density at radius 3 is 2.42 bits per heavy atom. The maximum Gasteiger partial charge on any atom is 0.407 e. The number of carbonyl (C=O) groups is 1. The molecule has 1 aromatic carbocycles. The van der Waals surface area contributed by atoms with Crippen LogP contribution in [0, 0.1) is 5.92 Å². The quantitative estimate of drug-likeness (QED) is 0.622. The van der Waals surface area contributed by atoms with Gasteiger partial charge in [-0.3, -0.25) is 4.90 Å². The summed E-state index contributed by atoms with van der Waals surface area (Å²) < 4.78 is 5.39. The topological polar surface area (TPSA) is 44.8 Å². The molecule has 0 spiro atoms. The minimum Gasteiger partial charge on any atom is -0.444 e. The molecule has 174 valence electrons. The van der Waals surface area contributed by atoms with Gasteiger partial charge in [0.25, 0.3) is 0 Å². The first kappa shape index (κ1) is 24.2. The maximum absolute atomic E-state index is 12.0. The van der Waals surface area contributed by atoms with Crippen molar-refractivity contribution >= 4 is 23.4 Å². The molecule has 2 fully saturated rings. The molecule has 1 saturated carbocycles. The van der Waals surface area contributed by atoms with Crippen LogP contribution in [0.15, 0.2) is 18.2 Å². The van der Waals surface area contributed by atoms with Crippen LogP contribution in [0.5, 0.6) is 0 Å². The number of rotatable bonds is 6. The standard InChI is InChI=1S/C25H40ClN3O2/c1-5-20-7-6-8-22(23(20)26)29-17-15-28(16-18-29)14-13-19-9-11-21(12-10-19)27-24(30)31-25(2,3)4/h6-8,19,21H,5,9-18H2,1-4H3,(H,27,30)/t19-,21-. The molecule has 0 radical (unpaired) electrons. The molecule has 1 saturated heterocycles. The van der Waals surface area contributed by atoms with Crippen LogP contribution < -0.4 is 10.2 Å². The van der Waals surface area contributed by atoms with Gasteiger partial charge < -0.3 is 15.0 Å². The molecule has 3 rings (SSSR count). The highest BCUT2D eigenvalue weighted by Gasteiger charge is 2.26. The lowest BCUT2D eigenvalue weighted by molar-refractivity contribution is 0.0486. The van der Waals surface area contributed by atoms with Gasteiger partial charge in [0.2, 0.25) is 0 Å². The number of nitrogens with one attached hydrogen (secondary N) is 1. The zero-order valence-electron chi connectivity index (χ0n) is 19.8. The first-order chi connectivity index (χ1) is 14.7.